The van der Waals surface area contributed by atoms with E-state index < -0.39 is 0 Å². The Labute approximate surface area is 160 Å². The molecular weight excluding hydrogens is 362 g/mol. The van der Waals surface area contributed by atoms with Gasteiger partial charge in [-0.1, -0.05) is 0 Å². The molecule has 8 heteroatoms. The zero-order chi connectivity index (χ0) is 18.7. The van der Waals surface area contributed by atoms with Crippen LogP contribution in [0.3, 0.4) is 0 Å². The van der Waals surface area contributed by atoms with Gasteiger partial charge in [0, 0.05) is 11.6 Å². The molecule has 0 heterocycles. The van der Waals surface area contributed by atoms with Crippen LogP contribution in [0.2, 0.25) is 0 Å². The molecule has 1 rings (SSSR count). The number of ether oxygens (including phenoxy) is 6. The Morgan fingerprint density at radius 3 is 1.38 bits per heavy atom. The van der Waals surface area contributed by atoms with E-state index in [1.54, 1.807) is 12.1 Å². The zero-order valence-electron chi connectivity index (χ0n) is 15.2. The Morgan fingerprint density at radius 1 is 0.577 bits per heavy atom. The van der Waals surface area contributed by atoms with Crippen molar-refractivity contribution in [2.24, 2.45) is 0 Å². The predicted molar refractivity (Wildman–Crippen MR) is 101 cm³/mol. The van der Waals surface area contributed by atoms with E-state index in [0.717, 1.165) is 11.4 Å². The standard InChI is InChI=1S/C18H30ClNO6/c19-5-6-21-7-8-22-9-10-23-11-12-24-13-14-25-15-16-26-18-3-1-17(20)2-4-18/h1-4H,5-16,20H2. The summed E-state index contributed by atoms with van der Waals surface area (Å²) >= 11 is 5.48. The van der Waals surface area contributed by atoms with E-state index in [1.165, 1.54) is 0 Å². The minimum absolute atomic E-state index is 0.490. The van der Waals surface area contributed by atoms with Gasteiger partial charge in [0.1, 0.15) is 12.4 Å². The van der Waals surface area contributed by atoms with E-state index in [-0.39, 0.29) is 0 Å². The van der Waals surface area contributed by atoms with Crippen molar-refractivity contribution in [3.05, 3.63) is 24.3 Å². The van der Waals surface area contributed by atoms with Crippen molar-refractivity contribution < 1.29 is 28.4 Å². The second kappa shape index (κ2) is 17.3. The lowest BCUT2D eigenvalue weighted by Crippen LogP contribution is -2.14. The molecule has 0 saturated heterocycles. The van der Waals surface area contributed by atoms with Gasteiger partial charge in [-0.15, -0.1) is 11.6 Å². The maximum atomic E-state index is 5.60. The van der Waals surface area contributed by atoms with E-state index in [0.29, 0.717) is 78.6 Å². The fourth-order valence-electron chi connectivity index (χ4n) is 1.82. The molecule has 150 valence electrons. The van der Waals surface area contributed by atoms with E-state index in [2.05, 4.69) is 0 Å². The number of rotatable bonds is 18. The summed E-state index contributed by atoms with van der Waals surface area (Å²) in [5, 5.41) is 0. The van der Waals surface area contributed by atoms with Gasteiger partial charge in [0.15, 0.2) is 0 Å². The molecule has 0 radical (unpaired) electrons. The van der Waals surface area contributed by atoms with Crippen molar-refractivity contribution in [2.75, 3.05) is 84.3 Å². The van der Waals surface area contributed by atoms with Crippen LogP contribution in [0.1, 0.15) is 0 Å². The smallest absolute Gasteiger partial charge is 0.119 e. The topological polar surface area (TPSA) is 81.4 Å². The second-order valence-electron chi connectivity index (χ2n) is 5.17. The van der Waals surface area contributed by atoms with Gasteiger partial charge >= 0.3 is 0 Å². The highest BCUT2D eigenvalue weighted by Crippen LogP contribution is 2.12. The third-order valence-electron chi connectivity index (χ3n) is 3.09. The van der Waals surface area contributed by atoms with Gasteiger partial charge in [0.2, 0.25) is 0 Å². The van der Waals surface area contributed by atoms with Crippen LogP contribution in [0.25, 0.3) is 0 Å². The van der Waals surface area contributed by atoms with E-state index in [4.69, 9.17) is 45.8 Å². The summed E-state index contributed by atoms with van der Waals surface area (Å²) in [6.45, 7) is 5.86. The highest BCUT2D eigenvalue weighted by atomic mass is 35.5. The number of anilines is 1. The summed E-state index contributed by atoms with van der Waals surface area (Å²) in [6, 6.07) is 7.27. The van der Waals surface area contributed by atoms with Gasteiger partial charge in [-0.2, -0.15) is 0 Å². The summed E-state index contributed by atoms with van der Waals surface area (Å²) in [5.41, 5.74) is 6.32. The second-order valence-corrected chi connectivity index (χ2v) is 5.55. The van der Waals surface area contributed by atoms with Crippen molar-refractivity contribution in [3.63, 3.8) is 0 Å². The van der Waals surface area contributed by atoms with Gasteiger partial charge in [-0.25, -0.2) is 0 Å². The van der Waals surface area contributed by atoms with Crippen LogP contribution in [-0.4, -0.2) is 78.6 Å². The highest BCUT2D eigenvalue weighted by molar-refractivity contribution is 6.17. The number of halogens is 1. The molecule has 0 aliphatic carbocycles. The molecule has 0 unspecified atom stereocenters. The minimum Gasteiger partial charge on any atom is -0.491 e. The van der Waals surface area contributed by atoms with Crippen molar-refractivity contribution in [2.45, 2.75) is 0 Å². The molecule has 7 nitrogen and oxygen atoms in total. The van der Waals surface area contributed by atoms with Gasteiger partial charge < -0.3 is 34.2 Å². The molecule has 0 amide bonds. The monoisotopic (exact) mass is 391 g/mol. The van der Waals surface area contributed by atoms with Crippen LogP contribution in [0.5, 0.6) is 5.75 Å². The summed E-state index contributed by atoms with van der Waals surface area (Å²) < 4.78 is 32.2. The van der Waals surface area contributed by atoms with Crippen LogP contribution < -0.4 is 10.5 Å². The molecule has 0 spiro atoms. The fourth-order valence-corrected chi connectivity index (χ4v) is 1.93. The van der Waals surface area contributed by atoms with Crippen LogP contribution in [0.4, 0.5) is 5.69 Å². The first kappa shape index (κ1) is 23.0. The lowest BCUT2D eigenvalue weighted by Gasteiger charge is -2.08. The molecule has 0 aliphatic heterocycles. The largest absolute Gasteiger partial charge is 0.491 e. The molecule has 0 bridgehead atoms. The maximum absolute atomic E-state index is 5.60. The average molecular weight is 392 g/mol. The van der Waals surface area contributed by atoms with Crippen molar-refractivity contribution in [3.8, 4) is 5.75 Å². The number of nitrogens with two attached hydrogens (primary N) is 1. The molecule has 1 aromatic carbocycles. The molecule has 26 heavy (non-hydrogen) atoms. The predicted octanol–water partition coefficient (Wildman–Crippen LogP) is 1.97. The van der Waals surface area contributed by atoms with E-state index in [9.17, 15) is 0 Å². The molecule has 1 aromatic rings. The lowest BCUT2D eigenvalue weighted by atomic mass is 10.3. The van der Waals surface area contributed by atoms with Crippen LogP contribution in [0, 0.1) is 0 Å². The van der Waals surface area contributed by atoms with Crippen LogP contribution in [-0.2, 0) is 23.7 Å². The Balaban J connectivity index is 1.72. The molecule has 0 fully saturated rings. The summed E-state index contributed by atoms with van der Waals surface area (Å²) in [6.07, 6.45) is 0. The summed E-state index contributed by atoms with van der Waals surface area (Å²) in [4.78, 5) is 0. The van der Waals surface area contributed by atoms with Crippen LogP contribution in [0.15, 0.2) is 24.3 Å². The SMILES string of the molecule is Nc1ccc(OCCOCCOCCOCCOCCOCCCl)cc1. The van der Waals surface area contributed by atoms with Crippen molar-refractivity contribution in [1.82, 2.24) is 0 Å². The summed E-state index contributed by atoms with van der Waals surface area (Å²) in [5.74, 6) is 1.29. The fraction of sp³-hybridized carbons (Fsp3) is 0.667. The van der Waals surface area contributed by atoms with Crippen molar-refractivity contribution >= 4 is 17.3 Å². The van der Waals surface area contributed by atoms with Crippen LogP contribution >= 0.6 is 11.6 Å². The first-order valence-corrected chi connectivity index (χ1v) is 9.29. The summed E-state index contributed by atoms with van der Waals surface area (Å²) in [7, 11) is 0. The maximum Gasteiger partial charge on any atom is 0.119 e. The number of hydrogen-bond donors (Lipinski definition) is 1. The molecule has 2 N–H and O–H groups in total. The normalized spacial score (nSPS) is 11.0. The third-order valence-corrected chi connectivity index (χ3v) is 3.24. The molecule has 0 saturated carbocycles. The highest BCUT2D eigenvalue weighted by Gasteiger charge is 1.95. The molecule has 0 aromatic heterocycles. The third kappa shape index (κ3) is 14.1. The quantitative estimate of drug-likeness (QED) is 0.233. The molecule has 0 aliphatic rings. The average Bonchev–Trinajstić information content (AvgIpc) is 2.66. The minimum atomic E-state index is 0.490. The number of nitrogen functional groups attached to an aromatic ring is 1. The first-order valence-electron chi connectivity index (χ1n) is 8.76. The Kier molecular flexibility index (Phi) is 15.3. The number of hydrogen-bond acceptors (Lipinski definition) is 7. The first-order chi connectivity index (χ1) is 12.8. The Bertz CT molecular complexity index is 421. The molecular formula is C18H30ClNO6. The van der Waals surface area contributed by atoms with E-state index in [1.807, 2.05) is 12.1 Å². The van der Waals surface area contributed by atoms with Crippen molar-refractivity contribution in [1.29, 1.82) is 0 Å². The zero-order valence-corrected chi connectivity index (χ0v) is 16.0. The Morgan fingerprint density at radius 2 is 0.962 bits per heavy atom. The van der Waals surface area contributed by atoms with Gasteiger partial charge in [0.25, 0.3) is 0 Å². The van der Waals surface area contributed by atoms with Gasteiger partial charge in [-0.05, 0) is 24.3 Å². The Hall–Kier alpha value is -1.09. The van der Waals surface area contributed by atoms with Gasteiger partial charge in [-0.3, -0.25) is 0 Å². The molecule has 0 atom stereocenters. The number of benzene rings is 1. The van der Waals surface area contributed by atoms with E-state index >= 15 is 0 Å². The van der Waals surface area contributed by atoms with Gasteiger partial charge in [0.05, 0.1) is 66.1 Å². The lowest BCUT2D eigenvalue weighted by molar-refractivity contribution is -0.0118. The number of alkyl halides is 1.